The van der Waals surface area contributed by atoms with Crippen molar-refractivity contribution >= 4 is 23.4 Å². The summed E-state index contributed by atoms with van der Waals surface area (Å²) in [5.74, 6) is -0.458. The van der Waals surface area contributed by atoms with Gasteiger partial charge in [0.1, 0.15) is 11.4 Å². The molecule has 0 bridgehead atoms. The molecule has 0 amide bonds. The standard InChI is InChI=1S/C14H19N5O3S/c1-4-6-19-11(15)10(12(21)18(3)14(19)22)9(20)8-23-13-16-5-7-17(13)2/h5,7H,4,6,8,15H2,1-3H3. The first-order chi connectivity index (χ1) is 10.9. The minimum Gasteiger partial charge on any atom is -0.384 e. The molecule has 0 aromatic carbocycles. The highest BCUT2D eigenvalue weighted by Crippen LogP contribution is 2.17. The van der Waals surface area contributed by atoms with Gasteiger partial charge < -0.3 is 10.3 Å². The largest absolute Gasteiger partial charge is 0.384 e. The number of aryl methyl sites for hydroxylation is 1. The van der Waals surface area contributed by atoms with E-state index in [0.29, 0.717) is 18.1 Å². The van der Waals surface area contributed by atoms with E-state index >= 15 is 0 Å². The Labute approximate surface area is 136 Å². The zero-order valence-electron chi connectivity index (χ0n) is 13.3. The van der Waals surface area contributed by atoms with Gasteiger partial charge >= 0.3 is 5.69 Å². The van der Waals surface area contributed by atoms with E-state index in [2.05, 4.69) is 4.98 Å². The maximum atomic E-state index is 12.4. The predicted octanol–water partition coefficient (Wildman–Crippen LogP) is 0.248. The highest BCUT2D eigenvalue weighted by molar-refractivity contribution is 7.99. The van der Waals surface area contributed by atoms with Gasteiger partial charge in [0.2, 0.25) is 0 Å². The van der Waals surface area contributed by atoms with E-state index in [-0.39, 0.29) is 17.1 Å². The topological polar surface area (TPSA) is 105 Å². The smallest absolute Gasteiger partial charge is 0.332 e. The molecular weight excluding hydrogens is 318 g/mol. The molecule has 8 nitrogen and oxygen atoms in total. The maximum Gasteiger partial charge on any atom is 0.332 e. The van der Waals surface area contributed by atoms with Crippen LogP contribution in [0, 0.1) is 0 Å². The zero-order chi connectivity index (χ0) is 17.1. The summed E-state index contributed by atoms with van der Waals surface area (Å²) < 4.78 is 3.96. The summed E-state index contributed by atoms with van der Waals surface area (Å²) in [6.07, 6.45) is 4.06. The molecule has 124 valence electrons. The van der Waals surface area contributed by atoms with Crippen LogP contribution >= 0.6 is 11.8 Å². The number of carbonyl (C=O) groups excluding carboxylic acids is 1. The lowest BCUT2D eigenvalue weighted by atomic mass is 10.2. The van der Waals surface area contributed by atoms with E-state index in [4.69, 9.17) is 5.73 Å². The van der Waals surface area contributed by atoms with Gasteiger partial charge in [-0.05, 0) is 6.42 Å². The number of hydrogen-bond acceptors (Lipinski definition) is 6. The summed E-state index contributed by atoms with van der Waals surface area (Å²) >= 11 is 1.21. The molecule has 2 rings (SSSR count). The van der Waals surface area contributed by atoms with Crippen molar-refractivity contribution < 1.29 is 4.79 Å². The van der Waals surface area contributed by atoms with E-state index in [1.54, 1.807) is 17.0 Å². The second-order valence-electron chi connectivity index (χ2n) is 5.09. The highest BCUT2D eigenvalue weighted by atomic mass is 32.2. The maximum absolute atomic E-state index is 12.4. The first-order valence-corrected chi connectivity index (χ1v) is 8.09. The normalized spacial score (nSPS) is 10.9. The molecule has 9 heteroatoms. The number of ketones is 1. The molecule has 0 aliphatic heterocycles. The Morgan fingerprint density at radius 2 is 2.04 bits per heavy atom. The van der Waals surface area contributed by atoms with E-state index in [0.717, 1.165) is 4.57 Å². The van der Waals surface area contributed by atoms with Gasteiger partial charge in [-0.3, -0.25) is 18.7 Å². The Hall–Kier alpha value is -2.29. The number of carbonyl (C=O) groups is 1. The van der Waals surface area contributed by atoms with E-state index in [9.17, 15) is 14.4 Å². The second kappa shape index (κ2) is 6.86. The van der Waals surface area contributed by atoms with Gasteiger partial charge in [-0.1, -0.05) is 18.7 Å². The van der Waals surface area contributed by atoms with Crippen molar-refractivity contribution in [3.63, 3.8) is 0 Å². The second-order valence-corrected chi connectivity index (χ2v) is 6.03. The number of aromatic nitrogens is 4. The molecule has 0 radical (unpaired) electrons. The first-order valence-electron chi connectivity index (χ1n) is 7.11. The van der Waals surface area contributed by atoms with Crippen LogP contribution in [0.1, 0.15) is 23.7 Å². The van der Waals surface area contributed by atoms with Gasteiger partial charge in [-0.2, -0.15) is 0 Å². The molecule has 0 spiro atoms. The van der Waals surface area contributed by atoms with Crippen LogP contribution in [0.4, 0.5) is 5.82 Å². The number of hydrogen-bond donors (Lipinski definition) is 1. The number of nitrogens with zero attached hydrogens (tertiary/aromatic N) is 4. The minimum absolute atomic E-state index is 0.0224. The lowest BCUT2D eigenvalue weighted by Gasteiger charge is -2.13. The van der Waals surface area contributed by atoms with Crippen LogP contribution in [0.3, 0.4) is 0 Å². The number of anilines is 1. The zero-order valence-corrected chi connectivity index (χ0v) is 14.1. The molecule has 0 aliphatic carbocycles. The highest BCUT2D eigenvalue weighted by Gasteiger charge is 2.21. The molecular formula is C14H19N5O3S. The van der Waals surface area contributed by atoms with Gasteiger partial charge in [0, 0.05) is 33.0 Å². The lowest BCUT2D eigenvalue weighted by molar-refractivity contribution is 0.102. The average molecular weight is 337 g/mol. The first kappa shape index (κ1) is 17.1. The van der Waals surface area contributed by atoms with E-state index in [1.807, 2.05) is 14.0 Å². The third-order valence-corrected chi connectivity index (χ3v) is 4.48. The SMILES string of the molecule is CCCn1c(N)c(C(=O)CSc2nccn2C)c(=O)n(C)c1=O. The molecule has 0 atom stereocenters. The summed E-state index contributed by atoms with van der Waals surface area (Å²) in [4.78, 5) is 40.9. The molecule has 23 heavy (non-hydrogen) atoms. The number of Topliss-reactive ketones (excluding diaryl/α,β-unsaturated/α-hetero) is 1. The molecule has 2 N–H and O–H groups in total. The molecule has 0 saturated carbocycles. The summed E-state index contributed by atoms with van der Waals surface area (Å²) in [6, 6.07) is 0. The van der Waals surface area contributed by atoms with Crippen LogP contribution in [0.5, 0.6) is 0 Å². The van der Waals surface area contributed by atoms with Crippen LogP contribution in [0.15, 0.2) is 27.1 Å². The van der Waals surface area contributed by atoms with Crippen LogP contribution < -0.4 is 17.0 Å². The predicted molar refractivity (Wildman–Crippen MR) is 88.9 cm³/mol. The summed E-state index contributed by atoms with van der Waals surface area (Å²) in [5, 5.41) is 0.663. The van der Waals surface area contributed by atoms with Crippen molar-refractivity contribution in [3.8, 4) is 0 Å². The molecule has 2 heterocycles. The minimum atomic E-state index is -0.662. The summed E-state index contributed by atoms with van der Waals surface area (Å²) in [6.45, 7) is 2.24. The van der Waals surface area contributed by atoms with Gasteiger partial charge in [-0.15, -0.1) is 0 Å². The van der Waals surface area contributed by atoms with Crippen LogP contribution in [0.2, 0.25) is 0 Å². The van der Waals surface area contributed by atoms with Crippen molar-refractivity contribution in [2.24, 2.45) is 14.1 Å². The molecule has 0 fully saturated rings. The molecule has 0 aliphatic rings. The van der Waals surface area contributed by atoms with Crippen molar-refractivity contribution in [1.82, 2.24) is 18.7 Å². The number of nitrogens with two attached hydrogens (primary N) is 1. The average Bonchev–Trinajstić information content (AvgIpc) is 2.93. The Balaban J connectivity index is 2.38. The fourth-order valence-corrected chi connectivity index (χ4v) is 2.98. The monoisotopic (exact) mass is 337 g/mol. The Bertz CT molecular complexity index is 849. The third-order valence-electron chi connectivity index (χ3n) is 3.42. The van der Waals surface area contributed by atoms with Crippen molar-refractivity contribution in [3.05, 3.63) is 38.8 Å². The summed E-state index contributed by atoms with van der Waals surface area (Å²) in [7, 11) is 3.16. The molecule has 2 aromatic heterocycles. The Morgan fingerprint density at radius 3 is 2.61 bits per heavy atom. The van der Waals surface area contributed by atoms with Gasteiger partial charge in [0.05, 0.1) is 5.75 Å². The lowest BCUT2D eigenvalue weighted by Crippen LogP contribution is -2.42. The number of nitrogen functional groups attached to an aromatic ring is 1. The van der Waals surface area contributed by atoms with Gasteiger partial charge in [0.25, 0.3) is 5.56 Å². The van der Waals surface area contributed by atoms with Crippen molar-refractivity contribution in [2.75, 3.05) is 11.5 Å². The molecule has 0 unspecified atom stereocenters. The number of imidazole rings is 1. The van der Waals surface area contributed by atoms with Crippen LogP contribution in [-0.4, -0.2) is 30.2 Å². The quantitative estimate of drug-likeness (QED) is 0.598. The molecule has 0 saturated heterocycles. The van der Waals surface area contributed by atoms with E-state index < -0.39 is 17.0 Å². The number of rotatable bonds is 6. The fourth-order valence-electron chi connectivity index (χ4n) is 2.18. The van der Waals surface area contributed by atoms with Gasteiger partial charge in [-0.25, -0.2) is 9.78 Å². The fraction of sp³-hybridized carbons (Fsp3) is 0.429. The Morgan fingerprint density at radius 1 is 1.35 bits per heavy atom. The van der Waals surface area contributed by atoms with Crippen LogP contribution in [0.25, 0.3) is 0 Å². The summed E-state index contributed by atoms with van der Waals surface area (Å²) in [5.41, 5.74) is 4.61. The van der Waals surface area contributed by atoms with Crippen molar-refractivity contribution in [1.29, 1.82) is 0 Å². The van der Waals surface area contributed by atoms with E-state index in [1.165, 1.54) is 23.4 Å². The van der Waals surface area contributed by atoms with Crippen LogP contribution in [-0.2, 0) is 20.6 Å². The Kier molecular flexibility index (Phi) is 5.09. The number of thioether (sulfide) groups is 1. The van der Waals surface area contributed by atoms with Crippen molar-refractivity contribution in [2.45, 2.75) is 25.0 Å². The molecule has 2 aromatic rings. The third kappa shape index (κ3) is 3.24. The van der Waals surface area contributed by atoms with Gasteiger partial charge in [0.15, 0.2) is 10.9 Å².